The van der Waals surface area contributed by atoms with Gasteiger partial charge in [-0.1, -0.05) is 13.8 Å². The van der Waals surface area contributed by atoms with Crippen LogP contribution in [0.15, 0.2) is 35.4 Å². The molecule has 0 fully saturated rings. The summed E-state index contributed by atoms with van der Waals surface area (Å²) >= 11 is -2.05. The first-order valence-electron chi connectivity index (χ1n) is 9.54. The number of H-pyrrole nitrogens is 1. The number of ether oxygens (including phenoxy) is 1. The van der Waals surface area contributed by atoms with Crippen LogP contribution in [0.1, 0.15) is 19.4 Å². The Morgan fingerprint density at radius 3 is 2.63 bits per heavy atom. The molecule has 30 heavy (non-hydrogen) atoms. The Balaban J connectivity index is 2.04. The third kappa shape index (κ3) is 3.23. The second-order valence-electron chi connectivity index (χ2n) is 7.86. The number of amides is 1. The van der Waals surface area contributed by atoms with Crippen LogP contribution in [0.3, 0.4) is 0 Å². The SMILES string of the molecule is CC(C)C1Oc2c(-c3cn(C)c(=O)c4[nH]ccc34)cc(CS(=O)O)cc2N(C)C1=O. The van der Waals surface area contributed by atoms with Crippen molar-refractivity contribution in [2.24, 2.45) is 13.0 Å². The number of carbonyl (C=O) groups excluding carboxylic acids is 1. The summed E-state index contributed by atoms with van der Waals surface area (Å²) in [4.78, 5) is 29.8. The molecule has 2 aromatic heterocycles. The zero-order chi connectivity index (χ0) is 21.7. The average Bonchev–Trinajstić information content (AvgIpc) is 3.16. The Hall–Kier alpha value is -2.91. The first-order valence-corrected chi connectivity index (χ1v) is 10.8. The van der Waals surface area contributed by atoms with Crippen molar-refractivity contribution in [2.45, 2.75) is 25.7 Å². The van der Waals surface area contributed by atoms with Gasteiger partial charge in [-0.05, 0) is 29.7 Å². The fraction of sp³-hybridized carbons (Fsp3) is 0.333. The van der Waals surface area contributed by atoms with Crippen molar-refractivity contribution in [1.82, 2.24) is 9.55 Å². The molecule has 158 valence electrons. The Labute approximate surface area is 175 Å². The number of hydrogen-bond acceptors (Lipinski definition) is 4. The number of pyridine rings is 1. The number of fused-ring (bicyclic) bond motifs is 2. The van der Waals surface area contributed by atoms with Crippen molar-refractivity contribution in [1.29, 1.82) is 0 Å². The van der Waals surface area contributed by atoms with Gasteiger partial charge in [-0.15, -0.1) is 0 Å². The predicted molar refractivity (Wildman–Crippen MR) is 116 cm³/mol. The van der Waals surface area contributed by atoms with Crippen LogP contribution in [0.25, 0.3) is 22.0 Å². The van der Waals surface area contributed by atoms with E-state index >= 15 is 0 Å². The number of aryl methyl sites for hydroxylation is 1. The van der Waals surface area contributed by atoms with Crippen molar-refractivity contribution in [3.63, 3.8) is 0 Å². The summed E-state index contributed by atoms with van der Waals surface area (Å²) in [7, 11) is 3.34. The molecule has 4 rings (SSSR count). The molecule has 0 radical (unpaired) electrons. The average molecular weight is 429 g/mol. The van der Waals surface area contributed by atoms with Crippen LogP contribution in [-0.4, -0.2) is 37.4 Å². The maximum absolute atomic E-state index is 12.8. The van der Waals surface area contributed by atoms with Crippen LogP contribution in [0, 0.1) is 5.92 Å². The van der Waals surface area contributed by atoms with Crippen LogP contribution >= 0.6 is 0 Å². The molecule has 1 aromatic carbocycles. The highest BCUT2D eigenvalue weighted by molar-refractivity contribution is 7.78. The molecule has 0 bridgehead atoms. The minimum Gasteiger partial charge on any atom is -0.477 e. The number of nitrogens with one attached hydrogen (secondary N) is 1. The maximum atomic E-state index is 12.8. The molecular weight excluding hydrogens is 406 g/mol. The maximum Gasteiger partial charge on any atom is 0.274 e. The largest absolute Gasteiger partial charge is 0.477 e. The van der Waals surface area contributed by atoms with E-state index in [9.17, 15) is 18.4 Å². The van der Waals surface area contributed by atoms with E-state index in [0.29, 0.717) is 33.5 Å². The Morgan fingerprint density at radius 1 is 1.23 bits per heavy atom. The van der Waals surface area contributed by atoms with Gasteiger partial charge in [0.05, 0.1) is 11.4 Å². The van der Waals surface area contributed by atoms with Gasteiger partial charge in [0.25, 0.3) is 11.5 Å². The molecule has 1 aliphatic rings. The highest BCUT2D eigenvalue weighted by atomic mass is 32.2. The van der Waals surface area contributed by atoms with Gasteiger partial charge in [0.1, 0.15) is 5.52 Å². The molecule has 2 unspecified atom stereocenters. The number of aromatic amines is 1. The molecule has 2 N–H and O–H groups in total. The summed E-state index contributed by atoms with van der Waals surface area (Å²) in [6, 6.07) is 5.31. The molecule has 1 amide bonds. The fourth-order valence-corrected chi connectivity index (χ4v) is 4.31. The lowest BCUT2D eigenvalue weighted by molar-refractivity contribution is -0.127. The Kier molecular flexibility index (Phi) is 5.03. The molecule has 0 saturated heterocycles. The smallest absolute Gasteiger partial charge is 0.274 e. The summed E-state index contributed by atoms with van der Waals surface area (Å²) in [6.45, 7) is 3.84. The molecule has 0 saturated carbocycles. The lowest BCUT2D eigenvalue weighted by Crippen LogP contribution is -2.46. The van der Waals surface area contributed by atoms with E-state index in [0.717, 1.165) is 5.56 Å². The number of likely N-dealkylation sites (N-methyl/N-ethyl adjacent to an activating group) is 1. The van der Waals surface area contributed by atoms with Gasteiger partial charge in [0, 0.05) is 43.0 Å². The highest BCUT2D eigenvalue weighted by Crippen LogP contribution is 2.45. The normalized spacial score (nSPS) is 17.3. The van der Waals surface area contributed by atoms with E-state index in [-0.39, 0.29) is 23.1 Å². The zero-order valence-corrected chi connectivity index (χ0v) is 17.9. The van der Waals surface area contributed by atoms with E-state index < -0.39 is 17.2 Å². The zero-order valence-electron chi connectivity index (χ0n) is 17.1. The van der Waals surface area contributed by atoms with Gasteiger partial charge < -0.3 is 23.7 Å². The topological polar surface area (TPSA) is 105 Å². The highest BCUT2D eigenvalue weighted by Gasteiger charge is 2.36. The molecular formula is C21H23N3O5S. The predicted octanol–water partition coefficient (Wildman–Crippen LogP) is 2.64. The van der Waals surface area contributed by atoms with Crippen molar-refractivity contribution >= 4 is 33.6 Å². The monoisotopic (exact) mass is 429 g/mol. The summed E-state index contributed by atoms with van der Waals surface area (Å²) in [6.07, 6.45) is 2.77. The van der Waals surface area contributed by atoms with Gasteiger partial charge in [0.15, 0.2) is 22.9 Å². The molecule has 9 heteroatoms. The van der Waals surface area contributed by atoms with Crippen molar-refractivity contribution in [3.05, 3.63) is 46.5 Å². The summed E-state index contributed by atoms with van der Waals surface area (Å²) in [5.41, 5.74) is 2.83. The standard InChI is InChI=1S/C21H23N3O5S/c1-11(2)18-21(26)24(4)16-8-12(10-30(27)28)7-14(19(16)29-18)15-9-23(3)20(25)17-13(15)5-6-22-17/h5-9,11,18,22H,10H2,1-4H3,(H,27,28). The number of aromatic nitrogens is 2. The minimum absolute atomic E-state index is 0.0435. The van der Waals surface area contributed by atoms with E-state index in [1.54, 1.807) is 38.6 Å². The van der Waals surface area contributed by atoms with Crippen molar-refractivity contribution < 1.29 is 18.3 Å². The van der Waals surface area contributed by atoms with E-state index in [1.165, 1.54) is 9.47 Å². The van der Waals surface area contributed by atoms with Crippen LogP contribution in [0.4, 0.5) is 5.69 Å². The van der Waals surface area contributed by atoms with Crippen molar-refractivity contribution in [3.8, 4) is 16.9 Å². The molecule has 3 aromatic rings. The van der Waals surface area contributed by atoms with Gasteiger partial charge in [0.2, 0.25) is 0 Å². The molecule has 2 atom stereocenters. The van der Waals surface area contributed by atoms with E-state index in [2.05, 4.69) is 4.98 Å². The van der Waals surface area contributed by atoms with Crippen LogP contribution in [0.2, 0.25) is 0 Å². The Bertz CT molecular complexity index is 1240. The second-order valence-corrected chi connectivity index (χ2v) is 8.79. The third-order valence-corrected chi connectivity index (χ3v) is 5.97. The number of benzene rings is 1. The Morgan fingerprint density at radius 2 is 1.97 bits per heavy atom. The molecule has 3 heterocycles. The van der Waals surface area contributed by atoms with Gasteiger partial charge >= 0.3 is 0 Å². The minimum atomic E-state index is -2.05. The van der Waals surface area contributed by atoms with Crippen LogP contribution < -0.4 is 15.2 Å². The first kappa shape index (κ1) is 20.4. The molecule has 1 aliphatic heterocycles. The fourth-order valence-electron chi connectivity index (χ4n) is 3.86. The lowest BCUT2D eigenvalue weighted by atomic mass is 9.96. The van der Waals surface area contributed by atoms with E-state index in [4.69, 9.17) is 4.74 Å². The second kappa shape index (κ2) is 7.41. The van der Waals surface area contributed by atoms with Gasteiger partial charge in [-0.2, -0.15) is 0 Å². The summed E-state index contributed by atoms with van der Waals surface area (Å²) in [5.74, 6) is 0.221. The van der Waals surface area contributed by atoms with Gasteiger partial charge in [-0.3, -0.25) is 9.59 Å². The number of hydrogen-bond donors (Lipinski definition) is 2. The molecule has 0 spiro atoms. The quantitative estimate of drug-likeness (QED) is 0.621. The number of nitrogens with zero attached hydrogens (tertiary/aromatic N) is 2. The number of rotatable bonds is 4. The van der Waals surface area contributed by atoms with E-state index in [1.807, 2.05) is 19.9 Å². The molecule has 0 aliphatic carbocycles. The number of carbonyl (C=O) groups is 1. The third-order valence-electron chi connectivity index (χ3n) is 5.39. The summed E-state index contributed by atoms with van der Waals surface area (Å²) < 4.78 is 28.6. The van der Waals surface area contributed by atoms with Gasteiger partial charge in [-0.25, -0.2) is 4.21 Å². The van der Waals surface area contributed by atoms with Crippen molar-refractivity contribution in [2.75, 3.05) is 11.9 Å². The van der Waals surface area contributed by atoms with Crippen LogP contribution in [0.5, 0.6) is 5.75 Å². The first-order chi connectivity index (χ1) is 14.2. The lowest BCUT2D eigenvalue weighted by Gasteiger charge is -2.35. The van der Waals surface area contributed by atoms with Crippen LogP contribution in [-0.2, 0) is 28.7 Å². The summed E-state index contributed by atoms with van der Waals surface area (Å²) in [5, 5.41) is 0.715. The number of anilines is 1. The molecule has 8 nitrogen and oxygen atoms in total.